The lowest BCUT2D eigenvalue weighted by Crippen LogP contribution is -1.90. The second kappa shape index (κ2) is 6.29. The third kappa shape index (κ3) is 3.23. The van der Waals surface area contributed by atoms with Gasteiger partial charge in [0, 0.05) is 17.5 Å². The molecule has 0 aliphatic carbocycles. The van der Waals surface area contributed by atoms with E-state index in [1.54, 1.807) is 0 Å². The van der Waals surface area contributed by atoms with Crippen molar-refractivity contribution in [1.82, 2.24) is 4.98 Å². The normalized spacial score (nSPS) is 10.6. The minimum Gasteiger partial charge on any atom is -0.361 e. The van der Waals surface area contributed by atoms with E-state index in [1.165, 1.54) is 48.9 Å². The highest BCUT2D eigenvalue weighted by molar-refractivity contribution is 5.63. The molecule has 0 saturated heterocycles. The molecule has 2 aromatic rings. The minimum absolute atomic E-state index is 1.19. The van der Waals surface area contributed by atoms with E-state index in [0.29, 0.717) is 0 Å². The molecule has 2 rings (SSSR count). The number of aromatic amines is 1. The molecule has 1 aromatic heterocycles. The number of nitrogens with one attached hydrogen (secondary N) is 1. The van der Waals surface area contributed by atoms with Gasteiger partial charge in [-0.2, -0.15) is 0 Å². The Morgan fingerprint density at radius 3 is 2.59 bits per heavy atom. The summed E-state index contributed by atoms with van der Waals surface area (Å²) in [4.78, 5) is 3.30. The molecule has 1 heterocycles. The second-order valence-electron chi connectivity index (χ2n) is 4.55. The summed E-state index contributed by atoms with van der Waals surface area (Å²) < 4.78 is 0. The van der Waals surface area contributed by atoms with E-state index < -0.39 is 0 Å². The SMILES string of the molecule is CCCCCCc1ccccc1-c1ccc[nH]1. The molecule has 1 nitrogen and oxygen atoms in total. The molecule has 0 aliphatic heterocycles. The van der Waals surface area contributed by atoms with Crippen LogP contribution in [0.5, 0.6) is 0 Å². The van der Waals surface area contributed by atoms with Gasteiger partial charge in [0.1, 0.15) is 0 Å². The predicted molar refractivity (Wildman–Crippen MR) is 74.1 cm³/mol. The fourth-order valence-corrected chi connectivity index (χ4v) is 2.24. The van der Waals surface area contributed by atoms with Crippen LogP contribution < -0.4 is 0 Å². The lowest BCUT2D eigenvalue weighted by Gasteiger charge is -2.07. The smallest absolute Gasteiger partial charge is 0.0456 e. The summed E-state index contributed by atoms with van der Waals surface area (Å²) in [5.41, 5.74) is 4.05. The first-order chi connectivity index (χ1) is 8.42. The van der Waals surface area contributed by atoms with Gasteiger partial charge in [0.25, 0.3) is 0 Å². The second-order valence-corrected chi connectivity index (χ2v) is 4.55. The molecule has 0 radical (unpaired) electrons. The number of aromatic nitrogens is 1. The molecule has 0 aliphatic rings. The molecule has 0 fully saturated rings. The van der Waals surface area contributed by atoms with E-state index >= 15 is 0 Å². The van der Waals surface area contributed by atoms with E-state index in [9.17, 15) is 0 Å². The molecule has 1 heteroatoms. The van der Waals surface area contributed by atoms with E-state index in [1.807, 2.05) is 6.20 Å². The number of H-pyrrole nitrogens is 1. The molecule has 1 aromatic carbocycles. The van der Waals surface area contributed by atoms with Gasteiger partial charge in [-0.05, 0) is 30.5 Å². The summed E-state index contributed by atoms with van der Waals surface area (Å²) >= 11 is 0. The monoisotopic (exact) mass is 227 g/mol. The van der Waals surface area contributed by atoms with Crippen molar-refractivity contribution >= 4 is 0 Å². The van der Waals surface area contributed by atoms with Crippen LogP contribution in [-0.2, 0) is 6.42 Å². The van der Waals surface area contributed by atoms with Crippen molar-refractivity contribution in [2.24, 2.45) is 0 Å². The molecular formula is C16H21N. The van der Waals surface area contributed by atoms with Crippen LogP contribution in [0.2, 0.25) is 0 Å². The van der Waals surface area contributed by atoms with Crippen molar-refractivity contribution in [2.45, 2.75) is 39.0 Å². The first kappa shape index (κ1) is 12.0. The van der Waals surface area contributed by atoms with Crippen molar-refractivity contribution in [3.8, 4) is 11.3 Å². The molecule has 17 heavy (non-hydrogen) atoms. The van der Waals surface area contributed by atoms with Gasteiger partial charge in [0.15, 0.2) is 0 Å². The highest BCUT2D eigenvalue weighted by atomic mass is 14.7. The Morgan fingerprint density at radius 2 is 1.82 bits per heavy atom. The van der Waals surface area contributed by atoms with Crippen molar-refractivity contribution in [1.29, 1.82) is 0 Å². The Morgan fingerprint density at radius 1 is 0.941 bits per heavy atom. The Bertz CT molecular complexity index is 429. The molecular weight excluding hydrogens is 206 g/mol. The molecule has 0 bridgehead atoms. The van der Waals surface area contributed by atoms with Crippen molar-refractivity contribution in [3.63, 3.8) is 0 Å². The van der Waals surface area contributed by atoms with Crippen molar-refractivity contribution in [2.75, 3.05) is 0 Å². The first-order valence-electron chi connectivity index (χ1n) is 6.63. The van der Waals surface area contributed by atoms with Crippen LogP contribution in [0.1, 0.15) is 38.2 Å². The quantitative estimate of drug-likeness (QED) is 0.682. The Kier molecular flexibility index (Phi) is 4.43. The topological polar surface area (TPSA) is 15.8 Å². The number of benzene rings is 1. The zero-order valence-electron chi connectivity index (χ0n) is 10.6. The average Bonchev–Trinajstić information content (AvgIpc) is 2.89. The van der Waals surface area contributed by atoms with Gasteiger partial charge in [-0.1, -0.05) is 50.5 Å². The van der Waals surface area contributed by atoms with Gasteiger partial charge in [0.05, 0.1) is 0 Å². The highest BCUT2D eigenvalue weighted by Gasteiger charge is 2.04. The molecule has 0 saturated carbocycles. The van der Waals surface area contributed by atoms with Crippen LogP contribution >= 0.6 is 0 Å². The molecule has 0 spiro atoms. The summed E-state index contributed by atoms with van der Waals surface area (Å²) in [5, 5.41) is 0. The van der Waals surface area contributed by atoms with Gasteiger partial charge in [-0.3, -0.25) is 0 Å². The van der Waals surface area contributed by atoms with E-state index in [0.717, 1.165) is 0 Å². The molecule has 90 valence electrons. The Hall–Kier alpha value is -1.50. The zero-order chi connectivity index (χ0) is 11.9. The number of rotatable bonds is 6. The van der Waals surface area contributed by atoms with Crippen molar-refractivity contribution in [3.05, 3.63) is 48.2 Å². The Balaban J connectivity index is 2.06. The van der Waals surface area contributed by atoms with Crippen LogP contribution in [0.25, 0.3) is 11.3 Å². The van der Waals surface area contributed by atoms with E-state index in [2.05, 4.69) is 48.3 Å². The summed E-state index contributed by atoms with van der Waals surface area (Å²) in [6.45, 7) is 2.26. The van der Waals surface area contributed by atoms with Gasteiger partial charge < -0.3 is 4.98 Å². The molecule has 0 atom stereocenters. The molecule has 1 N–H and O–H groups in total. The van der Waals surface area contributed by atoms with Gasteiger partial charge in [0.2, 0.25) is 0 Å². The van der Waals surface area contributed by atoms with Crippen LogP contribution in [0, 0.1) is 0 Å². The lowest BCUT2D eigenvalue weighted by molar-refractivity contribution is 0.667. The standard InChI is InChI=1S/C16H21N/c1-2-3-4-5-9-14-10-6-7-11-15(14)16-12-8-13-17-16/h6-8,10-13,17H,2-5,9H2,1H3. The van der Waals surface area contributed by atoms with E-state index in [-0.39, 0.29) is 0 Å². The van der Waals surface area contributed by atoms with Crippen LogP contribution in [0.15, 0.2) is 42.6 Å². The minimum atomic E-state index is 1.19. The summed E-state index contributed by atoms with van der Waals surface area (Å²) in [5.74, 6) is 0. The maximum atomic E-state index is 3.30. The van der Waals surface area contributed by atoms with Gasteiger partial charge in [-0.25, -0.2) is 0 Å². The number of aryl methyl sites for hydroxylation is 1. The summed E-state index contributed by atoms with van der Waals surface area (Å²) in [6.07, 6.45) is 8.47. The molecule has 0 unspecified atom stereocenters. The largest absolute Gasteiger partial charge is 0.361 e. The molecule has 0 amide bonds. The predicted octanol–water partition coefficient (Wildman–Crippen LogP) is 4.80. The van der Waals surface area contributed by atoms with Crippen LogP contribution in [-0.4, -0.2) is 4.98 Å². The van der Waals surface area contributed by atoms with Crippen LogP contribution in [0.4, 0.5) is 0 Å². The maximum Gasteiger partial charge on any atom is 0.0456 e. The fourth-order valence-electron chi connectivity index (χ4n) is 2.24. The average molecular weight is 227 g/mol. The van der Waals surface area contributed by atoms with Gasteiger partial charge in [-0.15, -0.1) is 0 Å². The lowest BCUT2D eigenvalue weighted by atomic mass is 9.99. The first-order valence-corrected chi connectivity index (χ1v) is 6.63. The zero-order valence-corrected chi connectivity index (χ0v) is 10.6. The third-order valence-corrected chi connectivity index (χ3v) is 3.21. The fraction of sp³-hybridized carbons (Fsp3) is 0.375. The summed E-state index contributed by atoms with van der Waals surface area (Å²) in [7, 11) is 0. The van der Waals surface area contributed by atoms with Crippen molar-refractivity contribution < 1.29 is 0 Å². The van der Waals surface area contributed by atoms with Gasteiger partial charge >= 0.3 is 0 Å². The Labute approximate surface area is 104 Å². The number of hydrogen-bond acceptors (Lipinski definition) is 0. The van der Waals surface area contributed by atoms with Crippen LogP contribution in [0.3, 0.4) is 0 Å². The third-order valence-electron chi connectivity index (χ3n) is 3.21. The number of unbranched alkanes of at least 4 members (excludes halogenated alkanes) is 3. The summed E-state index contributed by atoms with van der Waals surface area (Å²) in [6, 6.07) is 12.9. The maximum absolute atomic E-state index is 3.30. The van der Waals surface area contributed by atoms with E-state index in [4.69, 9.17) is 0 Å². The number of hydrogen-bond donors (Lipinski definition) is 1. The highest BCUT2D eigenvalue weighted by Crippen LogP contribution is 2.23.